The van der Waals surface area contributed by atoms with E-state index >= 15 is 0 Å². The van der Waals surface area contributed by atoms with Crippen molar-refractivity contribution in [2.24, 2.45) is 0 Å². The topological polar surface area (TPSA) is 66.8 Å². The maximum atomic E-state index is 10.6. The van der Waals surface area contributed by atoms with Gasteiger partial charge in [-0.2, -0.15) is 0 Å². The second-order valence-electron chi connectivity index (χ2n) is 3.52. The Bertz CT molecular complexity index is 403. The van der Waals surface area contributed by atoms with Crippen LogP contribution in [0.3, 0.4) is 0 Å². The lowest BCUT2D eigenvalue weighted by atomic mass is 9.97. The van der Waals surface area contributed by atoms with E-state index in [9.17, 15) is 9.90 Å². The van der Waals surface area contributed by atoms with Gasteiger partial charge >= 0.3 is 5.97 Å². The maximum absolute atomic E-state index is 10.6. The molecule has 0 saturated heterocycles. The summed E-state index contributed by atoms with van der Waals surface area (Å²) in [5.41, 5.74) is 0.508. The highest BCUT2D eigenvalue weighted by Crippen LogP contribution is 2.39. The number of hydrogen-bond acceptors (Lipinski definition) is 3. The highest BCUT2D eigenvalue weighted by Gasteiger charge is 2.18. The number of aromatic hydroxyl groups is 1. The third-order valence-corrected chi connectivity index (χ3v) is 2.71. The van der Waals surface area contributed by atoms with Gasteiger partial charge < -0.3 is 14.9 Å². The van der Waals surface area contributed by atoms with Crippen LogP contribution in [0.25, 0.3) is 0 Å². The SMILES string of the molecule is COc1ccc(C(C)CC(=O)O)c(O)c1Cl. The molecule has 0 saturated carbocycles. The molecule has 0 amide bonds. The Morgan fingerprint density at radius 1 is 1.56 bits per heavy atom. The highest BCUT2D eigenvalue weighted by atomic mass is 35.5. The normalized spacial score (nSPS) is 12.2. The van der Waals surface area contributed by atoms with E-state index in [0.29, 0.717) is 11.3 Å². The number of carboxylic acid groups (broad SMARTS) is 1. The summed E-state index contributed by atoms with van der Waals surface area (Å²) >= 11 is 5.86. The highest BCUT2D eigenvalue weighted by molar-refractivity contribution is 6.33. The van der Waals surface area contributed by atoms with Gasteiger partial charge in [0.25, 0.3) is 0 Å². The van der Waals surface area contributed by atoms with Gasteiger partial charge in [0.2, 0.25) is 0 Å². The number of methoxy groups -OCH3 is 1. The largest absolute Gasteiger partial charge is 0.506 e. The molecule has 1 aromatic carbocycles. The maximum Gasteiger partial charge on any atom is 0.303 e. The second-order valence-corrected chi connectivity index (χ2v) is 3.90. The minimum atomic E-state index is -0.918. The number of carboxylic acids is 1. The molecule has 1 atom stereocenters. The summed E-state index contributed by atoms with van der Waals surface area (Å²) in [4.78, 5) is 10.6. The van der Waals surface area contributed by atoms with E-state index in [-0.39, 0.29) is 23.1 Å². The van der Waals surface area contributed by atoms with Gasteiger partial charge in [0.05, 0.1) is 13.5 Å². The second kappa shape index (κ2) is 5.07. The summed E-state index contributed by atoms with van der Waals surface area (Å²) in [5.74, 6) is -0.972. The van der Waals surface area contributed by atoms with Crippen molar-refractivity contribution in [3.63, 3.8) is 0 Å². The van der Waals surface area contributed by atoms with Crippen LogP contribution in [0.4, 0.5) is 0 Å². The first-order valence-electron chi connectivity index (χ1n) is 4.74. The predicted molar refractivity (Wildman–Crippen MR) is 60.3 cm³/mol. The van der Waals surface area contributed by atoms with Gasteiger partial charge in [0.15, 0.2) is 0 Å². The monoisotopic (exact) mass is 244 g/mol. The average molecular weight is 245 g/mol. The van der Waals surface area contributed by atoms with Crippen LogP contribution in [-0.2, 0) is 4.79 Å². The summed E-state index contributed by atoms with van der Waals surface area (Å²) in [6.07, 6.45) is -0.0593. The Morgan fingerprint density at radius 3 is 2.69 bits per heavy atom. The summed E-state index contributed by atoms with van der Waals surface area (Å²) in [7, 11) is 1.45. The number of phenolic OH excluding ortho intramolecular Hbond substituents is 1. The number of aliphatic carboxylic acids is 1. The first kappa shape index (κ1) is 12.6. The molecule has 0 radical (unpaired) electrons. The number of carbonyl (C=O) groups is 1. The molecule has 1 rings (SSSR count). The van der Waals surface area contributed by atoms with Crippen LogP contribution in [0.15, 0.2) is 12.1 Å². The van der Waals surface area contributed by atoms with Crippen LogP contribution < -0.4 is 4.74 Å². The van der Waals surface area contributed by atoms with Crippen molar-refractivity contribution >= 4 is 17.6 Å². The zero-order valence-electron chi connectivity index (χ0n) is 9.03. The fourth-order valence-corrected chi connectivity index (χ4v) is 1.74. The van der Waals surface area contributed by atoms with E-state index in [1.165, 1.54) is 7.11 Å². The van der Waals surface area contributed by atoms with Gasteiger partial charge in [-0.15, -0.1) is 0 Å². The molecule has 0 aliphatic rings. The van der Waals surface area contributed by atoms with Gasteiger partial charge in [-0.25, -0.2) is 0 Å². The van der Waals surface area contributed by atoms with E-state index in [0.717, 1.165) is 0 Å². The molecular formula is C11H13ClO4. The summed E-state index contributed by atoms with van der Waals surface area (Å²) in [6, 6.07) is 3.23. The van der Waals surface area contributed by atoms with Crippen molar-refractivity contribution in [2.45, 2.75) is 19.3 Å². The lowest BCUT2D eigenvalue weighted by Gasteiger charge is -2.14. The Balaban J connectivity index is 3.06. The van der Waals surface area contributed by atoms with Gasteiger partial charge in [-0.1, -0.05) is 24.6 Å². The molecule has 0 fully saturated rings. The van der Waals surface area contributed by atoms with Crippen molar-refractivity contribution in [3.05, 3.63) is 22.7 Å². The van der Waals surface area contributed by atoms with Gasteiger partial charge in [-0.3, -0.25) is 4.79 Å². The molecule has 2 N–H and O–H groups in total. The molecule has 16 heavy (non-hydrogen) atoms. The Kier molecular flexibility index (Phi) is 4.01. The number of hydrogen-bond donors (Lipinski definition) is 2. The standard InChI is InChI=1S/C11H13ClO4/c1-6(5-9(13)14)7-3-4-8(16-2)10(12)11(7)15/h3-4,6,15H,5H2,1-2H3,(H,13,14). The molecule has 0 aliphatic heterocycles. The number of benzene rings is 1. The fraction of sp³-hybridized carbons (Fsp3) is 0.364. The predicted octanol–water partition coefficient (Wildman–Crippen LogP) is 2.63. The molecule has 1 aromatic rings. The summed E-state index contributed by atoms with van der Waals surface area (Å²) in [6.45, 7) is 1.71. The van der Waals surface area contributed by atoms with E-state index in [4.69, 9.17) is 21.4 Å². The van der Waals surface area contributed by atoms with Crippen LogP contribution in [0.2, 0.25) is 5.02 Å². The number of phenols is 1. The first-order valence-corrected chi connectivity index (χ1v) is 5.12. The molecule has 0 aliphatic carbocycles. The molecule has 0 spiro atoms. The van der Waals surface area contributed by atoms with E-state index < -0.39 is 5.97 Å². The molecule has 1 unspecified atom stereocenters. The Labute approximate surface area is 98.4 Å². The minimum Gasteiger partial charge on any atom is -0.506 e. The summed E-state index contributed by atoms with van der Waals surface area (Å²) in [5, 5.41) is 18.6. The van der Waals surface area contributed by atoms with E-state index in [2.05, 4.69) is 0 Å². The van der Waals surface area contributed by atoms with Crippen LogP contribution in [0.1, 0.15) is 24.8 Å². The van der Waals surface area contributed by atoms with Crippen LogP contribution in [0.5, 0.6) is 11.5 Å². The average Bonchev–Trinajstić information content (AvgIpc) is 2.20. The smallest absolute Gasteiger partial charge is 0.303 e. The Hall–Kier alpha value is -1.42. The van der Waals surface area contributed by atoms with Crippen molar-refractivity contribution in [2.75, 3.05) is 7.11 Å². The third kappa shape index (κ3) is 2.58. The van der Waals surface area contributed by atoms with E-state index in [1.54, 1.807) is 19.1 Å². The van der Waals surface area contributed by atoms with Crippen LogP contribution in [0, 0.1) is 0 Å². The molecule has 0 heterocycles. The molecule has 0 bridgehead atoms. The zero-order valence-corrected chi connectivity index (χ0v) is 9.78. The van der Waals surface area contributed by atoms with Crippen molar-refractivity contribution in [1.82, 2.24) is 0 Å². The van der Waals surface area contributed by atoms with Crippen LogP contribution in [-0.4, -0.2) is 23.3 Å². The fourth-order valence-electron chi connectivity index (χ4n) is 1.49. The minimum absolute atomic E-state index is 0.0593. The number of ether oxygens (including phenoxy) is 1. The first-order chi connectivity index (χ1) is 7.47. The van der Waals surface area contributed by atoms with E-state index in [1.807, 2.05) is 0 Å². The molecular weight excluding hydrogens is 232 g/mol. The van der Waals surface area contributed by atoms with Crippen LogP contribution >= 0.6 is 11.6 Å². The molecule has 5 heteroatoms. The summed E-state index contributed by atoms with van der Waals surface area (Å²) < 4.78 is 4.93. The van der Waals surface area contributed by atoms with Gasteiger partial charge in [0.1, 0.15) is 16.5 Å². The van der Waals surface area contributed by atoms with Gasteiger partial charge in [-0.05, 0) is 17.5 Å². The Morgan fingerprint density at radius 2 is 2.19 bits per heavy atom. The zero-order chi connectivity index (χ0) is 12.3. The van der Waals surface area contributed by atoms with Crippen molar-refractivity contribution in [3.8, 4) is 11.5 Å². The quantitative estimate of drug-likeness (QED) is 0.855. The van der Waals surface area contributed by atoms with Crippen molar-refractivity contribution < 1.29 is 19.7 Å². The molecule has 88 valence electrons. The lowest BCUT2D eigenvalue weighted by Crippen LogP contribution is -2.03. The number of rotatable bonds is 4. The number of halogens is 1. The van der Waals surface area contributed by atoms with Gasteiger partial charge in [0, 0.05) is 0 Å². The molecule has 0 aromatic heterocycles. The van der Waals surface area contributed by atoms with Crippen molar-refractivity contribution in [1.29, 1.82) is 0 Å². The lowest BCUT2D eigenvalue weighted by molar-refractivity contribution is -0.137. The molecule has 4 nitrogen and oxygen atoms in total. The third-order valence-electron chi connectivity index (χ3n) is 2.34.